The first kappa shape index (κ1) is 17.0. The monoisotopic (exact) mass is 348 g/mol. The highest BCUT2D eigenvalue weighted by Gasteiger charge is 2.41. The van der Waals surface area contributed by atoms with Gasteiger partial charge in [0, 0.05) is 31.6 Å². The fourth-order valence-corrected chi connectivity index (χ4v) is 4.35. The number of nitrogens with one attached hydrogen (secondary N) is 1. The number of aromatic nitrogens is 2. The summed E-state index contributed by atoms with van der Waals surface area (Å²) in [6.45, 7) is 8.01. The molecule has 1 amide bonds. The Kier molecular flexibility index (Phi) is 4.33. The molecule has 1 N–H and O–H groups in total. The standard InChI is InChI=1S/C18H28N4O3/c1-12-10-14-15(13(2)25-12)19-20-16(14)17(23)22-8-9-24-18(11-22)4-6-21(3)7-5-18/h12-13H,4-11H2,1-3H3,(H,19,20)/t12-,13+/m1/s1. The van der Waals surface area contributed by atoms with Crippen molar-refractivity contribution in [3.8, 4) is 0 Å². The molecule has 4 rings (SSSR count). The molecule has 0 bridgehead atoms. The average Bonchev–Trinajstić information content (AvgIpc) is 3.01. The van der Waals surface area contributed by atoms with Gasteiger partial charge < -0.3 is 19.3 Å². The average molecular weight is 348 g/mol. The number of ether oxygens (including phenoxy) is 2. The van der Waals surface area contributed by atoms with Crippen LogP contribution in [-0.2, 0) is 15.9 Å². The minimum absolute atomic E-state index is 0.0282. The molecule has 138 valence electrons. The van der Waals surface area contributed by atoms with Crippen LogP contribution in [0.5, 0.6) is 0 Å². The lowest BCUT2D eigenvalue weighted by molar-refractivity contribution is -0.125. The molecule has 0 aliphatic carbocycles. The molecule has 0 radical (unpaired) electrons. The molecule has 2 fully saturated rings. The predicted octanol–water partition coefficient (Wildman–Crippen LogP) is 1.37. The normalized spacial score (nSPS) is 29.6. The first-order chi connectivity index (χ1) is 12.0. The van der Waals surface area contributed by atoms with Crippen molar-refractivity contribution in [1.29, 1.82) is 0 Å². The number of hydrogen-bond acceptors (Lipinski definition) is 5. The molecule has 3 aliphatic rings. The van der Waals surface area contributed by atoms with Gasteiger partial charge in [-0.1, -0.05) is 0 Å². The summed E-state index contributed by atoms with van der Waals surface area (Å²) in [4.78, 5) is 17.4. The van der Waals surface area contributed by atoms with Crippen LogP contribution in [-0.4, -0.2) is 77.4 Å². The van der Waals surface area contributed by atoms with E-state index in [0.717, 1.165) is 43.6 Å². The van der Waals surface area contributed by atoms with Gasteiger partial charge in [0.05, 0.1) is 36.7 Å². The molecule has 7 heteroatoms. The van der Waals surface area contributed by atoms with Crippen molar-refractivity contribution in [1.82, 2.24) is 20.0 Å². The maximum Gasteiger partial charge on any atom is 0.274 e. The number of aromatic amines is 1. The van der Waals surface area contributed by atoms with Gasteiger partial charge in [-0.15, -0.1) is 0 Å². The molecule has 0 saturated carbocycles. The van der Waals surface area contributed by atoms with E-state index in [-0.39, 0.29) is 23.7 Å². The smallest absolute Gasteiger partial charge is 0.274 e. The molecular weight excluding hydrogens is 320 g/mol. The van der Waals surface area contributed by atoms with E-state index < -0.39 is 0 Å². The largest absolute Gasteiger partial charge is 0.371 e. The number of hydrogen-bond donors (Lipinski definition) is 1. The predicted molar refractivity (Wildman–Crippen MR) is 92.6 cm³/mol. The summed E-state index contributed by atoms with van der Waals surface area (Å²) in [6.07, 6.45) is 2.76. The quantitative estimate of drug-likeness (QED) is 0.830. The third-order valence-electron chi connectivity index (χ3n) is 5.87. The molecule has 1 aromatic rings. The Hall–Kier alpha value is -1.44. The number of amides is 1. The second kappa shape index (κ2) is 6.37. The topological polar surface area (TPSA) is 70.7 Å². The number of morpholine rings is 1. The SMILES string of the molecule is C[C@@H]1Cc2c(C(=O)N3CCOC4(CCN(C)CC4)C3)n[nH]c2[C@H](C)O1. The first-order valence-corrected chi connectivity index (χ1v) is 9.32. The van der Waals surface area contributed by atoms with Gasteiger partial charge in [-0.05, 0) is 33.7 Å². The molecule has 2 saturated heterocycles. The Bertz CT molecular complexity index is 651. The molecule has 0 unspecified atom stereocenters. The number of nitrogens with zero attached hydrogens (tertiary/aromatic N) is 3. The van der Waals surface area contributed by atoms with Crippen LogP contribution in [0.25, 0.3) is 0 Å². The maximum atomic E-state index is 13.2. The van der Waals surface area contributed by atoms with Crippen LogP contribution in [0.1, 0.15) is 54.5 Å². The third kappa shape index (κ3) is 3.09. The number of piperidine rings is 1. The fraction of sp³-hybridized carbons (Fsp3) is 0.778. The lowest BCUT2D eigenvalue weighted by atomic mass is 9.89. The summed E-state index contributed by atoms with van der Waals surface area (Å²) in [5.41, 5.74) is 2.37. The van der Waals surface area contributed by atoms with E-state index in [1.165, 1.54) is 0 Å². The zero-order valence-electron chi connectivity index (χ0n) is 15.4. The summed E-state index contributed by atoms with van der Waals surface area (Å²) >= 11 is 0. The highest BCUT2D eigenvalue weighted by molar-refractivity contribution is 5.94. The second-order valence-electron chi connectivity index (χ2n) is 7.82. The van der Waals surface area contributed by atoms with Crippen molar-refractivity contribution < 1.29 is 14.3 Å². The van der Waals surface area contributed by atoms with Gasteiger partial charge >= 0.3 is 0 Å². The number of rotatable bonds is 1. The van der Waals surface area contributed by atoms with E-state index in [9.17, 15) is 4.79 Å². The van der Waals surface area contributed by atoms with Crippen LogP contribution in [0, 0.1) is 0 Å². The number of H-pyrrole nitrogens is 1. The van der Waals surface area contributed by atoms with E-state index in [2.05, 4.69) is 22.1 Å². The Balaban J connectivity index is 1.53. The summed E-state index contributed by atoms with van der Waals surface area (Å²) in [5, 5.41) is 7.39. The Morgan fingerprint density at radius 1 is 1.28 bits per heavy atom. The van der Waals surface area contributed by atoms with E-state index in [4.69, 9.17) is 9.47 Å². The van der Waals surface area contributed by atoms with E-state index in [0.29, 0.717) is 25.4 Å². The lowest BCUT2D eigenvalue weighted by Gasteiger charge is -2.46. The number of likely N-dealkylation sites (tertiary alicyclic amines) is 1. The molecule has 2 atom stereocenters. The van der Waals surface area contributed by atoms with Gasteiger partial charge in [0.2, 0.25) is 0 Å². The van der Waals surface area contributed by atoms with Crippen LogP contribution in [0.4, 0.5) is 0 Å². The molecule has 7 nitrogen and oxygen atoms in total. The van der Waals surface area contributed by atoms with Crippen LogP contribution in [0.15, 0.2) is 0 Å². The van der Waals surface area contributed by atoms with Crippen LogP contribution in [0.3, 0.4) is 0 Å². The van der Waals surface area contributed by atoms with Gasteiger partial charge in [0.15, 0.2) is 5.69 Å². The summed E-state index contributed by atoms with van der Waals surface area (Å²) in [5.74, 6) is 0.0282. The first-order valence-electron chi connectivity index (χ1n) is 9.32. The molecular formula is C18H28N4O3. The Morgan fingerprint density at radius 3 is 2.80 bits per heavy atom. The van der Waals surface area contributed by atoms with Gasteiger partial charge in [0.1, 0.15) is 0 Å². The Labute approximate surface area is 148 Å². The zero-order valence-corrected chi connectivity index (χ0v) is 15.4. The van der Waals surface area contributed by atoms with Crippen LogP contribution >= 0.6 is 0 Å². The van der Waals surface area contributed by atoms with E-state index in [1.54, 1.807) is 0 Å². The highest BCUT2D eigenvalue weighted by atomic mass is 16.5. The van der Waals surface area contributed by atoms with Crippen molar-refractivity contribution in [2.24, 2.45) is 0 Å². The fourth-order valence-electron chi connectivity index (χ4n) is 4.35. The zero-order chi connectivity index (χ0) is 17.6. The number of carbonyl (C=O) groups is 1. The summed E-state index contributed by atoms with van der Waals surface area (Å²) < 4.78 is 12.0. The van der Waals surface area contributed by atoms with Crippen molar-refractivity contribution in [3.05, 3.63) is 17.0 Å². The third-order valence-corrected chi connectivity index (χ3v) is 5.87. The number of fused-ring (bicyclic) bond motifs is 1. The Morgan fingerprint density at radius 2 is 2.04 bits per heavy atom. The van der Waals surface area contributed by atoms with Crippen LogP contribution < -0.4 is 0 Å². The van der Waals surface area contributed by atoms with Crippen molar-refractivity contribution in [2.45, 2.75) is 50.9 Å². The number of carbonyl (C=O) groups excluding carboxylic acids is 1. The van der Waals surface area contributed by atoms with Crippen molar-refractivity contribution >= 4 is 5.91 Å². The minimum atomic E-state index is -0.180. The molecule has 3 aliphatic heterocycles. The second-order valence-corrected chi connectivity index (χ2v) is 7.82. The van der Waals surface area contributed by atoms with Crippen molar-refractivity contribution in [3.63, 3.8) is 0 Å². The summed E-state index contributed by atoms with van der Waals surface area (Å²) in [6, 6.07) is 0. The summed E-state index contributed by atoms with van der Waals surface area (Å²) in [7, 11) is 2.14. The van der Waals surface area contributed by atoms with Gasteiger partial charge in [-0.2, -0.15) is 5.10 Å². The molecule has 1 spiro atoms. The molecule has 0 aromatic carbocycles. The van der Waals surface area contributed by atoms with E-state index >= 15 is 0 Å². The molecule has 1 aromatic heterocycles. The molecule has 25 heavy (non-hydrogen) atoms. The maximum absolute atomic E-state index is 13.2. The molecule has 4 heterocycles. The van der Waals surface area contributed by atoms with Crippen LogP contribution in [0.2, 0.25) is 0 Å². The highest BCUT2D eigenvalue weighted by Crippen LogP contribution is 2.33. The minimum Gasteiger partial charge on any atom is -0.371 e. The van der Waals surface area contributed by atoms with Gasteiger partial charge in [-0.25, -0.2) is 0 Å². The van der Waals surface area contributed by atoms with Gasteiger partial charge in [-0.3, -0.25) is 9.89 Å². The van der Waals surface area contributed by atoms with E-state index in [1.807, 2.05) is 18.7 Å². The van der Waals surface area contributed by atoms with Crippen molar-refractivity contribution in [2.75, 3.05) is 39.8 Å². The lowest BCUT2D eigenvalue weighted by Crippen LogP contribution is -2.57. The van der Waals surface area contributed by atoms with Gasteiger partial charge in [0.25, 0.3) is 5.91 Å².